The van der Waals surface area contributed by atoms with Crippen molar-refractivity contribution >= 4 is 38.5 Å². The van der Waals surface area contributed by atoms with Crippen LogP contribution in [0.1, 0.15) is 52.2 Å². The number of phosphoric ester groups is 1. The maximum absolute atomic E-state index is 14.7. The largest absolute Gasteiger partial charge is 0.475 e. The maximum atomic E-state index is 14.7. The Bertz CT molecular complexity index is 1820. The molecule has 0 saturated carbocycles. The van der Waals surface area contributed by atoms with Gasteiger partial charge in [-0.25, -0.2) is 9.36 Å². The molecule has 4 aromatic rings. The minimum absolute atomic E-state index is 0.0562. The third-order valence-electron chi connectivity index (χ3n) is 9.69. The molecule has 0 radical (unpaired) electrons. The molecule has 4 aromatic carbocycles. The van der Waals surface area contributed by atoms with Crippen LogP contribution in [0.25, 0.3) is 0 Å². The first-order valence-electron chi connectivity index (χ1n) is 18.5. The minimum Gasteiger partial charge on any atom is -0.462 e. The number of hydrogen-bond donors (Lipinski definition) is 0. The Balaban J connectivity index is 1.43. The Morgan fingerprint density at radius 3 is 1.73 bits per heavy atom. The molecule has 0 spiro atoms. The van der Waals surface area contributed by atoms with E-state index in [0.29, 0.717) is 0 Å². The molecule has 0 aliphatic carbocycles. The van der Waals surface area contributed by atoms with Gasteiger partial charge in [0, 0.05) is 6.92 Å². The first kappa shape index (κ1) is 40.7. The van der Waals surface area contributed by atoms with Crippen molar-refractivity contribution in [2.75, 3.05) is 13.2 Å². The summed E-state index contributed by atoms with van der Waals surface area (Å²) in [5.41, 5.74) is 1.53. The first-order chi connectivity index (χ1) is 26.4. The molecular formula is C42H49O11PSi. The summed E-state index contributed by atoms with van der Waals surface area (Å²) in [6.07, 6.45) is -4.03. The van der Waals surface area contributed by atoms with Crippen LogP contribution in [-0.4, -0.2) is 63.7 Å². The second-order valence-electron chi connectivity index (χ2n) is 14.6. The Labute approximate surface area is 323 Å². The van der Waals surface area contributed by atoms with Crippen LogP contribution in [0.3, 0.4) is 0 Å². The molecule has 2 aliphatic heterocycles. The monoisotopic (exact) mass is 788 g/mol. The average molecular weight is 789 g/mol. The summed E-state index contributed by atoms with van der Waals surface area (Å²) in [5, 5.41) is 1.42. The molecule has 6 rings (SSSR count). The van der Waals surface area contributed by atoms with Crippen LogP contribution >= 0.6 is 7.82 Å². The van der Waals surface area contributed by atoms with Crippen molar-refractivity contribution in [3.8, 4) is 0 Å². The molecule has 2 bridgehead atoms. The number of carbonyl (C=O) groups is 2. The highest BCUT2D eigenvalue weighted by Gasteiger charge is 2.67. The summed E-state index contributed by atoms with van der Waals surface area (Å²) in [6.45, 7) is 8.92. The van der Waals surface area contributed by atoms with E-state index in [0.717, 1.165) is 21.5 Å². The van der Waals surface area contributed by atoms with Gasteiger partial charge in [0.2, 0.25) is 0 Å². The molecule has 11 nitrogen and oxygen atoms in total. The van der Waals surface area contributed by atoms with Crippen molar-refractivity contribution < 1.29 is 51.1 Å². The summed E-state index contributed by atoms with van der Waals surface area (Å²) in [4.78, 5) is 25.9. The van der Waals surface area contributed by atoms with Gasteiger partial charge in [-0.05, 0) is 33.5 Å². The maximum Gasteiger partial charge on any atom is 0.475 e. The predicted molar refractivity (Wildman–Crippen MR) is 208 cm³/mol. The lowest BCUT2D eigenvalue weighted by molar-refractivity contribution is -0.214. The summed E-state index contributed by atoms with van der Waals surface area (Å²) in [6, 6.07) is 38.5. The molecule has 5 atom stereocenters. The van der Waals surface area contributed by atoms with Gasteiger partial charge in [-0.15, -0.1) is 0 Å². The summed E-state index contributed by atoms with van der Waals surface area (Å²) >= 11 is 0. The van der Waals surface area contributed by atoms with E-state index < -0.39 is 63.3 Å². The van der Waals surface area contributed by atoms with Crippen molar-refractivity contribution in [3.05, 3.63) is 132 Å². The number of benzene rings is 4. The zero-order valence-corrected chi connectivity index (χ0v) is 33.7. The number of hydrogen-bond acceptors (Lipinski definition) is 11. The Morgan fingerprint density at radius 1 is 0.782 bits per heavy atom. The second-order valence-corrected chi connectivity index (χ2v) is 20.5. The number of rotatable bonds is 17. The van der Waals surface area contributed by atoms with Gasteiger partial charge in [0.15, 0.2) is 0 Å². The van der Waals surface area contributed by atoms with E-state index in [2.05, 4.69) is 20.8 Å². The van der Waals surface area contributed by atoms with Crippen LogP contribution in [0.5, 0.6) is 0 Å². The lowest BCUT2D eigenvalue weighted by Gasteiger charge is -2.46. The molecular weight excluding hydrogens is 740 g/mol. The van der Waals surface area contributed by atoms with Crippen molar-refractivity contribution in [2.24, 2.45) is 0 Å². The van der Waals surface area contributed by atoms with E-state index >= 15 is 0 Å². The molecule has 2 saturated heterocycles. The highest BCUT2D eigenvalue weighted by Crippen LogP contribution is 2.53. The molecule has 0 amide bonds. The molecule has 2 heterocycles. The molecule has 2 aliphatic rings. The van der Waals surface area contributed by atoms with Crippen LogP contribution < -0.4 is 10.4 Å². The highest BCUT2D eigenvalue weighted by molar-refractivity contribution is 7.48. The molecule has 55 heavy (non-hydrogen) atoms. The Kier molecular flexibility index (Phi) is 12.9. The standard InChI is InChI=1S/C42H49O11PSi/c1-6-46-40(44)42-27-36(50-31(2)43)38(51-42)39(52-42)37(53-55(41(3,4)5,34-23-15-9-16-24-34)35-25-17-10-18-26-35)30-49-54(45,47-28-32-19-11-7-12-20-32)48-29-33-21-13-8-14-22-33/h7-26,36-39H,6,27-30H2,1-5H3/t36-,37+,38+,39+,42-/m0/s1. The molecule has 292 valence electrons. The summed E-state index contributed by atoms with van der Waals surface area (Å²) < 4.78 is 64.5. The Hall–Kier alpha value is -3.97. The average Bonchev–Trinajstić information content (AvgIpc) is 3.75. The zero-order chi connectivity index (χ0) is 39.1. The van der Waals surface area contributed by atoms with Gasteiger partial charge in [0.1, 0.15) is 18.3 Å². The number of fused-ring (bicyclic) bond motifs is 2. The van der Waals surface area contributed by atoms with Gasteiger partial charge in [0.05, 0.1) is 39.0 Å². The predicted octanol–water partition coefficient (Wildman–Crippen LogP) is 6.87. The van der Waals surface area contributed by atoms with Crippen molar-refractivity contribution in [3.63, 3.8) is 0 Å². The van der Waals surface area contributed by atoms with Crippen LogP contribution in [-0.2, 0) is 64.3 Å². The zero-order valence-electron chi connectivity index (χ0n) is 31.8. The van der Waals surface area contributed by atoms with Crippen molar-refractivity contribution in [1.29, 1.82) is 0 Å². The minimum atomic E-state index is -4.33. The lowest BCUT2D eigenvalue weighted by atomic mass is 9.97. The smallest absolute Gasteiger partial charge is 0.462 e. The van der Waals surface area contributed by atoms with Crippen LogP contribution in [0.15, 0.2) is 121 Å². The quantitative estimate of drug-likeness (QED) is 0.0633. The first-order valence-corrected chi connectivity index (χ1v) is 21.9. The topological polar surface area (TPSA) is 125 Å². The molecule has 2 fully saturated rings. The van der Waals surface area contributed by atoms with E-state index in [1.54, 1.807) is 6.92 Å². The second kappa shape index (κ2) is 17.4. The van der Waals surface area contributed by atoms with E-state index in [1.165, 1.54) is 6.92 Å². The van der Waals surface area contributed by atoms with Crippen LogP contribution in [0.4, 0.5) is 0 Å². The Morgan fingerprint density at radius 2 is 1.27 bits per heavy atom. The van der Waals surface area contributed by atoms with Crippen molar-refractivity contribution in [2.45, 2.75) is 89.5 Å². The van der Waals surface area contributed by atoms with E-state index in [9.17, 15) is 14.2 Å². The normalized spacial score (nSPS) is 21.6. The third-order valence-corrected chi connectivity index (χ3v) is 16.1. The van der Waals surface area contributed by atoms with Gasteiger partial charge in [0.25, 0.3) is 14.1 Å². The lowest BCUT2D eigenvalue weighted by Crippen LogP contribution is -2.69. The van der Waals surface area contributed by atoms with Gasteiger partial charge in [-0.3, -0.25) is 18.4 Å². The molecule has 13 heteroatoms. The molecule has 0 N–H and O–H groups in total. The number of phosphoric acid groups is 1. The van der Waals surface area contributed by atoms with Gasteiger partial charge >= 0.3 is 19.8 Å². The summed E-state index contributed by atoms with van der Waals surface area (Å²) in [7, 11) is -7.71. The third kappa shape index (κ3) is 9.19. The number of carbonyl (C=O) groups excluding carboxylic acids is 2. The van der Waals surface area contributed by atoms with Crippen LogP contribution in [0.2, 0.25) is 5.04 Å². The number of ether oxygens (including phenoxy) is 4. The van der Waals surface area contributed by atoms with Crippen molar-refractivity contribution in [1.82, 2.24) is 0 Å². The van der Waals surface area contributed by atoms with Gasteiger partial charge in [-0.1, -0.05) is 142 Å². The molecule has 0 aromatic heterocycles. The fraction of sp³-hybridized carbons (Fsp3) is 0.381. The SMILES string of the molecule is CCOC(=O)[C@@]12C[C@H](OC(C)=O)[C@@H](O1)[C@@H]([C@@H](COP(=O)(OCc1ccccc1)OCc1ccccc1)O[Si](c1ccccc1)(c1ccccc1)C(C)(C)C)O2. The van der Waals surface area contributed by atoms with Gasteiger partial charge < -0.3 is 23.4 Å². The van der Waals surface area contributed by atoms with E-state index in [-0.39, 0.29) is 32.8 Å². The fourth-order valence-electron chi connectivity index (χ4n) is 7.24. The van der Waals surface area contributed by atoms with Crippen LogP contribution in [0, 0.1) is 0 Å². The van der Waals surface area contributed by atoms with E-state index in [4.69, 9.17) is 36.9 Å². The fourth-order valence-corrected chi connectivity index (χ4v) is 13.1. The van der Waals surface area contributed by atoms with E-state index in [1.807, 2.05) is 121 Å². The molecule has 0 unspecified atom stereocenters. The number of esters is 2. The summed E-state index contributed by atoms with van der Waals surface area (Å²) in [5.74, 6) is -3.16. The van der Waals surface area contributed by atoms with Gasteiger partial charge in [-0.2, -0.15) is 0 Å². The highest BCUT2D eigenvalue weighted by atomic mass is 31.2.